The summed E-state index contributed by atoms with van der Waals surface area (Å²) in [6, 6.07) is 3.27. The highest BCUT2D eigenvalue weighted by atomic mass is 79.9. The zero-order chi connectivity index (χ0) is 14.5. The molecule has 2 atom stereocenters. The largest absolute Gasteiger partial charge is 0.319 e. The fraction of sp³-hybridized carbons (Fsp3) is 0.688. The predicted molar refractivity (Wildman–Crippen MR) is 87.8 cm³/mol. The SMILES string of the molecule is CNCC1CCCCN(C(C)C)C1c1cncc(Br)c1. The molecule has 0 aromatic carbocycles. The van der Waals surface area contributed by atoms with Crippen molar-refractivity contribution < 1.29 is 0 Å². The number of nitrogens with zero attached hydrogens (tertiary/aromatic N) is 2. The summed E-state index contributed by atoms with van der Waals surface area (Å²) in [5.41, 5.74) is 1.34. The molecule has 0 spiro atoms. The smallest absolute Gasteiger partial charge is 0.0410 e. The lowest BCUT2D eigenvalue weighted by Gasteiger charge is -2.38. The molecule has 2 rings (SSSR count). The zero-order valence-electron chi connectivity index (χ0n) is 12.8. The van der Waals surface area contributed by atoms with Crippen LogP contribution >= 0.6 is 15.9 Å². The summed E-state index contributed by atoms with van der Waals surface area (Å²) in [6.07, 6.45) is 7.83. The van der Waals surface area contributed by atoms with E-state index in [-0.39, 0.29) is 0 Å². The molecule has 1 aromatic rings. The van der Waals surface area contributed by atoms with E-state index in [1.807, 2.05) is 12.4 Å². The lowest BCUT2D eigenvalue weighted by molar-refractivity contribution is 0.118. The molecule has 1 saturated heterocycles. The fourth-order valence-electron chi connectivity index (χ4n) is 3.38. The minimum absolute atomic E-state index is 0.468. The summed E-state index contributed by atoms with van der Waals surface area (Å²) in [6.45, 7) is 6.87. The first-order valence-corrected chi connectivity index (χ1v) is 8.43. The first-order valence-electron chi connectivity index (χ1n) is 7.64. The number of hydrogen-bond acceptors (Lipinski definition) is 3. The van der Waals surface area contributed by atoms with Crippen LogP contribution in [0.3, 0.4) is 0 Å². The monoisotopic (exact) mass is 339 g/mol. The number of pyridine rings is 1. The van der Waals surface area contributed by atoms with Crippen LogP contribution < -0.4 is 5.32 Å². The van der Waals surface area contributed by atoms with Gasteiger partial charge in [-0.1, -0.05) is 6.42 Å². The lowest BCUT2D eigenvalue weighted by atomic mass is 9.89. The zero-order valence-corrected chi connectivity index (χ0v) is 14.4. The van der Waals surface area contributed by atoms with E-state index in [0.29, 0.717) is 18.0 Å². The van der Waals surface area contributed by atoms with Crippen molar-refractivity contribution in [1.82, 2.24) is 15.2 Å². The molecule has 3 nitrogen and oxygen atoms in total. The quantitative estimate of drug-likeness (QED) is 0.907. The van der Waals surface area contributed by atoms with E-state index in [1.54, 1.807) is 0 Å². The molecule has 2 heterocycles. The topological polar surface area (TPSA) is 28.2 Å². The number of likely N-dealkylation sites (tertiary alicyclic amines) is 1. The average molecular weight is 340 g/mol. The van der Waals surface area contributed by atoms with Gasteiger partial charge in [0.25, 0.3) is 0 Å². The second-order valence-electron chi connectivity index (χ2n) is 6.03. The van der Waals surface area contributed by atoms with Crippen molar-refractivity contribution in [2.45, 2.75) is 45.2 Å². The number of rotatable bonds is 4. The number of aromatic nitrogens is 1. The first-order chi connectivity index (χ1) is 9.63. The predicted octanol–water partition coefficient (Wildman–Crippen LogP) is 3.62. The van der Waals surface area contributed by atoms with Crippen LogP contribution in [0.5, 0.6) is 0 Å². The Balaban J connectivity index is 2.36. The standard InChI is InChI=1S/C16H26BrN3/c1-12(2)20-7-5-4-6-13(9-18-3)16(20)14-8-15(17)11-19-10-14/h8,10-13,16,18H,4-7,9H2,1-3H3. The van der Waals surface area contributed by atoms with E-state index in [1.165, 1.54) is 31.4 Å². The third kappa shape index (κ3) is 3.80. The van der Waals surface area contributed by atoms with Crippen LogP contribution in [0, 0.1) is 5.92 Å². The molecule has 1 aliphatic heterocycles. The molecule has 0 aliphatic carbocycles. The lowest BCUT2D eigenvalue weighted by Crippen LogP contribution is -2.40. The van der Waals surface area contributed by atoms with Crippen LogP contribution in [0.25, 0.3) is 0 Å². The van der Waals surface area contributed by atoms with Gasteiger partial charge in [-0.25, -0.2) is 0 Å². The molecule has 2 unspecified atom stereocenters. The molecule has 4 heteroatoms. The molecule has 1 N–H and O–H groups in total. The van der Waals surface area contributed by atoms with Crippen molar-refractivity contribution in [2.24, 2.45) is 5.92 Å². The Morgan fingerprint density at radius 3 is 2.85 bits per heavy atom. The van der Waals surface area contributed by atoms with Gasteiger partial charge in [0.05, 0.1) is 0 Å². The summed E-state index contributed by atoms with van der Waals surface area (Å²) in [5, 5.41) is 3.38. The van der Waals surface area contributed by atoms with Gasteiger partial charge in [0.1, 0.15) is 0 Å². The third-order valence-corrected chi connectivity index (χ3v) is 4.68. The van der Waals surface area contributed by atoms with Gasteiger partial charge in [-0.15, -0.1) is 0 Å². The van der Waals surface area contributed by atoms with Crippen molar-refractivity contribution in [3.63, 3.8) is 0 Å². The van der Waals surface area contributed by atoms with Crippen molar-refractivity contribution in [3.05, 3.63) is 28.5 Å². The maximum absolute atomic E-state index is 4.38. The summed E-state index contributed by atoms with van der Waals surface area (Å²) in [5.74, 6) is 0.654. The maximum Gasteiger partial charge on any atom is 0.0410 e. The van der Waals surface area contributed by atoms with Crippen molar-refractivity contribution in [1.29, 1.82) is 0 Å². The van der Waals surface area contributed by atoms with Gasteiger partial charge in [-0.3, -0.25) is 9.88 Å². The van der Waals surface area contributed by atoms with Crippen molar-refractivity contribution >= 4 is 15.9 Å². The highest BCUT2D eigenvalue weighted by Gasteiger charge is 2.32. The van der Waals surface area contributed by atoms with Gasteiger partial charge < -0.3 is 5.32 Å². The van der Waals surface area contributed by atoms with Crippen LogP contribution in [0.4, 0.5) is 0 Å². The van der Waals surface area contributed by atoms with Gasteiger partial charge in [0, 0.05) is 29.0 Å². The van der Waals surface area contributed by atoms with Gasteiger partial charge in [-0.05, 0) is 80.3 Å². The summed E-state index contributed by atoms with van der Waals surface area (Å²) in [4.78, 5) is 7.04. The molecule has 1 aromatic heterocycles. The molecule has 0 bridgehead atoms. The fourth-order valence-corrected chi connectivity index (χ4v) is 3.76. The molecule has 0 saturated carbocycles. The van der Waals surface area contributed by atoms with Gasteiger partial charge in [0.2, 0.25) is 0 Å². The van der Waals surface area contributed by atoms with Crippen LogP contribution in [0.15, 0.2) is 22.9 Å². The van der Waals surface area contributed by atoms with E-state index in [4.69, 9.17) is 0 Å². The van der Waals surface area contributed by atoms with Crippen LogP contribution in [0.1, 0.15) is 44.7 Å². The minimum Gasteiger partial charge on any atom is -0.319 e. The summed E-state index contributed by atoms with van der Waals surface area (Å²) in [7, 11) is 2.06. The number of nitrogens with one attached hydrogen (secondary N) is 1. The second-order valence-corrected chi connectivity index (χ2v) is 6.94. The van der Waals surface area contributed by atoms with E-state index < -0.39 is 0 Å². The Labute approximate surface area is 131 Å². The molecule has 20 heavy (non-hydrogen) atoms. The number of halogens is 1. The Kier molecular flexibility index (Phi) is 6.00. The Morgan fingerprint density at radius 2 is 2.20 bits per heavy atom. The summed E-state index contributed by atoms with van der Waals surface area (Å²) < 4.78 is 1.08. The van der Waals surface area contributed by atoms with Gasteiger partial charge >= 0.3 is 0 Å². The number of hydrogen-bond donors (Lipinski definition) is 1. The van der Waals surface area contributed by atoms with Crippen LogP contribution in [-0.2, 0) is 0 Å². The molecule has 1 aliphatic rings. The molecular formula is C16H26BrN3. The van der Waals surface area contributed by atoms with E-state index in [0.717, 1.165) is 11.0 Å². The second kappa shape index (κ2) is 7.53. The first kappa shape index (κ1) is 15.9. The van der Waals surface area contributed by atoms with Gasteiger partial charge in [-0.2, -0.15) is 0 Å². The Morgan fingerprint density at radius 1 is 1.40 bits per heavy atom. The van der Waals surface area contributed by atoms with Crippen LogP contribution in [0.2, 0.25) is 0 Å². The van der Waals surface area contributed by atoms with E-state index >= 15 is 0 Å². The Hall–Kier alpha value is -0.450. The molecule has 112 valence electrons. The molecule has 0 radical (unpaired) electrons. The average Bonchev–Trinajstić information content (AvgIpc) is 2.61. The summed E-state index contributed by atoms with van der Waals surface area (Å²) >= 11 is 3.57. The maximum atomic E-state index is 4.38. The van der Waals surface area contributed by atoms with Crippen LogP contribution in [-0.4, -0.2) is 36.1 Å². The van der Waals surface area contributed by atoms with E-state index in [9.17, 15) is 0 Å². The molecule has 0 amide bonds. The highest BCUT2D eigenvalue weighted by molar-refractivity contribution is 9.10. The highest BCUT2D eigenvalue weighted by Crippen LogP contribution is 2.36. The van der Waals surface area contributed by atoms with E-state index in [2.05, 4.69) is 58.1 Å². The normalized spacial score (nSPS) is 24.9. The van der Waals surface area contributed by atoms with Crippen molar-refractivity contribution in [3.8, 4) is 0 Å². The Bertz CT molecular complexity index is 422. The molecule has 1 fully saturated rings. The van der Waals surface area contributed by atoms with Crippen molar-refractivity contribution in [2.75, 3.05) is 20.1 Å². The van der Waals surface area contributed by atoms with Gasteiger partial charge in [0.15, 0.2) is 0 Å². The minimum atomic E-state index is 0.468. The molecular weight excluding hydrogens is 314 g/mol. The third-order valence-electron chi connectivity index (χ3n) is 4.24.